The Bertz CT molecular complexity index is 582. The lowest BCUT2D eigenvalue weighted by molar-refractivity contribution is -0.142. The van der Waals surface area contributed by atoms with Crippen LogP contribution in [-0.4, -0.2) is 82.1 Å². The molecule has 0 radical (unpaired) electrons. The lowest BCUT2D eigenvalue weighted by Gasteiger charge is -2.41. The maximum Gasteiger partial charge on any atom is 0.309 e. The van der Waals surface area contributed by atoms with E-state index in [0.29, 0.717) is 45.2 Å². The van der Waals surface area contributed by atoms with E-state index < -0.39 is 11.9 Å². The van der Waals surface area contributed by atoms with Gasteiger partial charge in [-0.05, 0) is 6.07 Å². The number of aromatic nitrogens is 2. The molecule has 8 nitrogen and oxygen atoms in total. The van der Waals surface area contributed by atoms with E-state index in [0.717, 1.165) is 0 Å². The Kier molecular flexibility index (Phi) is 4.42. The Morgan fingerprint density at radius 3 is 2.52 bits per heavy atom. The van der Waals surface area contributed by atoms with Crippen LogP contribution in [0, 0.1) is 5.92 Å². The first-order valence-electron chi connectivity index (χ1n) is 7.79. The fraction of sp³-hybridized carbons (Fsp3) is 0.600. The summed E-state index contributed by atoms with van der Waals surface area (Å²) in [6.45, 7) is 5.05. The summed E-state index contributed by atoms with van der Waals surface area (Å²) in [5, 5.41) is 9.50. The second kappa shape index (κ2) is 6.49. The van der Waals surface area contributed by atoms with E-state index in [1.165, 1.54) is 0 Å². The van der Waals surface area contributed by atoms with Gasteiger partial charge in [0, 0.05) is 64.6 Å². The summed E-state index contributed by atoms with van der Waals surface area (Å²) in [4.78, 5) is 37.7. The van der Waals surface area contributed by atoms with Gasteiger partial charge in [-0.1, -0.05) is 0 Å². The van der Waals surface area contributed by atoms with Gasteiger partial charge in [0.15, 0.2) is 0 Å². The van der Waals surface area contributed by atoms with Gasteiger partial charge in [0.2, 0.25) is 11.9 Å². The van der Waals surface area contributed by atoms with Crippen LogP contribution < -0.4 is 4.90 Å². The molecule has 2 atom stereocenters. The first kappa shape index (κ1) is 15.7. The van der Waals surface area contributed by atoms with Gasteiger partial charge in [-0.15, -0.1) is 0 Å². The van der Waals surface area contributed by atoms with Crippen molar-refractivity contribution in [1.29, 1.82) is 0 Å². The van der Waals surface area contributed by atoms with Crippen molar-refractivity contribution in [2.45, 2.75) is 13.0 Å². The topological polar surface area (TPSA) is 89.9 Å². The first-order chi connectivity index (χ1) is 11.0. The van der Waals surface area contributed by atoms with Crippen molar-refractivity contribution in [3.05, 3.63) is 18.5 Å². The number of fused-ring (bicyclic) bond motifs is 1. The van der Waals surface area contributed by atoms with Crippen LogP contribution in [0.5, 0.6) is 0 Å². The number of rotatable bonds is 2. The molecule has 1 N–H and O–H groups in total. The van der Waals surface area contributed by atoms with Crippen LogP contribution >= 0.6 is 0 Å². The zero-order valence-corrected chi connectivity index (χ0v) is 13.1. The molecule has 2 unspecified atom stereocenters. The number of piperazine rings is 1. The number of carbonyl (C=O) groups is 2. The van der Waals surface area contributed by atoms with E-state index in [4.69, 9.17) is 0 Å². The molecule has 3 rings (SSSR count). The Hall–Kier alpha value is -2.22. The number of carboxylic acids is 1. The van der Waals surface area contributed by atoms with Gasteiger partial charge in [-0.2, -0.15) is 0 Å². The molecule has 0 saturated carbocycles. The van der Waals surface area contributed by atoms with Crippen LogP contribution in [0.4, 0.5) is 5.95 Å². The Balaban J connectivity index is 1.84. The molecule has 0 bridgehead atoms. The zero-order valence-electron chi connectivity index (χ0n) is 13.1. The smallest absolute Gasteiger partial charge is 0.309 e. The molecule has 1 aromatic heterocycles. The van der Waals surface area contributed by atoms with Gasteiger partial charge < -0.3 is 14.9 Å². The van der Waals surface area contributed by atoms with Gasteiger partial charge >= 0.3 is 5.97 Å². The van der Waals surface area contributed by atoms with Crippen molar-refractivity contribution in [2.75, 3.05) is 44.2 Å². The van der Waals surface area contributed by atoms with Gasteiger partial charge in [-0.3, -0.25) is 14.5 Å². The lowest BCUT2D eigenvalue weighted by Crippen LogP contribution is -2.57. The Morgan fingerprint density at radius 2 is 1.87 bits per heavy atom. The van der Waals surface area contributed by atoms with Crippen LogP contribution in [0.1, 0.15) is 6.92 Å². The average Bonchev–Trinajstić information content (AvgIpc) is 2.74. The fourth-order valence-electron chi connectivity index (χ4n) is 3.30. The minimum atomic E-state index is -0.805. The van der Waals surface area contributed by atoms with Crippen LogP contribution in [0.15, 0.2) is 18.5 Å². The van der Waals surface area contributed by atoms with Gasteiger partial charge in [0.1, 0.15) is 0 Å². The summed E-state index contributed by atoms with van der Waals surface area (Å²) >= 11 is 0. The lowest BCUT2D eigenvalue weighted by atomic mass is 10.1. The highest BCUT2D eigenvalue weighted by molar-refractivity contribution is 5.73. The number of carbonyl (C=O) groups excluding carboxylic acids is 1. The van der Waals surface area contributed by atoms with Gasteiger partial charge in [-0.25, -0.2) is 9.97 Å². The molecular formula is C15H21N5O3. The number of amides is 1. The minimum Gasteiger partial charge on any atom is -0.481 e. The van der Waals surface area contributed by atoms with E-state index in [1.807, 2.05) is 9.80 Å². The summed E-state index contributed by atoms with van der Waals surface area (Å²) in [6, 6.07) is 1.83. The van der Waals surface area contributed by atoms with E-state index in [9.17, 15) is 14.7 Å². The number of nitrogens with zero attached hydrogens (tertiary/aromatic N) is 5. The highest BCUT2D eigenvalue weighted by Crippen LogP contribution is 2.21. The molecule has 2 fully saturated rings. The van der Waals surface area contributed by atoms with E-state index >= 15 is 0 Å². The normalized spacial score (nSPS) is 25.6. The standard InChI is InChI=1S/C15H21N5O3/c1-11(21)18-5-6-19-7-12(14(22)23)8-20(10-13(19)9-18)15-16-3-2-4-17-15/h2-4,12-13H,5-10H2,1H3,(H,22,23). The highest BCUT2D eigenvalue weighted by atomic mass is 16.4. The number of hydrogen-bond donors (Lipinski definition) is 1. The number of aliphatic carboxylic acids is 1. The molecule has 1 amide bonds. The number of carboxylic acid groups (broad SMARTS) is 1. The predicted molar refractivity (Wildman–Crippen MR) is 83.0 cm³/mol. The van der Waals surface area contributed by atoms with Crippen LogP contribution in [0.2, 0.25) is 0 Å². The maximum atomic E-state index is 11.7. The largest absolute Gasteiger partial charge is 0.481 e. The summed E-state index contributed by atoms with van der Waals surface area (Å²) in [6.07, 6.45) is 3.31. The molecule has 3 heterocycles. The SMILES string of the molecule is CC(=O)N1CCN2CC(C(=O)O)CN(c3ncccn3)CC2C1. The summed E-state index contributed by atoms with van der Waals surface area (Å²) in [5.41, 5.74) is 0. The van der Waals surface area contributed by atoms with Crippen molar-refractivity contribution in [1.82, 2.24) is 19.8 Å². The van der Waals surface area contributed by atoms with Crippen LogP contribution in [0.3, 0.4) is 0 Å². The Labute approximate surface area is 134 Å². The highest BCUT2D eigenvalue weighted by Gasteiger charge is 2.37. The number of hydrogen-bond acceptors (Lipinski definition) is 6. The van der Waals surface area contributed by atoms with Crippen molar-refractivity contribution >= 4 is 17.8 Å². The molecule has 2 aliphatic heterocycles. The minimum absolute atomic E-state index is 0.0613. The van der Waals surface area contributed by atoms with Crippen molar-refractivity contribution in [2.24, 2.45) is 5.92 Å². The van der Waals surface area contributed by atoms with Gasteiger partial charge in [0.25, 0.3) is 0 Å². The molecule has 8 heteroatoms. The second-order valence-electron chi connectivity index (χ2n) is 6.10. The van der Waals surface area contributed by atoms with Crippen molar-refractivity contribution in [3.8, 4) is 0 Å². The van der Waals surface area contributed by atoms with Crippen LogP contribution in [0.25, 0.3) is 0 Å². The molecule has 23 heavy (non-hydrogen) atoms. The molecule has 124 valence electrons. The van der Waals surface area contributed by atoms with E-state index in [1.54, 1.807) is 25.4 Å². The van der Waals surface area contributed by atoms with Crippen molar-refractivity contribution < 1.29 is 14.7 Å². The second-order valence-corrected chi connectivity index (χ2v) is 6.10. The van der Waals surface area contributed by atoms with Crippen LogP contribution in [-0.2, 0) is 9.59 Å². The maximum absolute atomic E-state index is 11.7. The molecule has 1 aromatic rings. The number of anilines is 1. The summed E-state index contributed by atoms with van der Waals surface area (Å²) in [5.74, 6) is -0.694. The molecule has 2 saturated heterocycles. The molecule has 0 aromatic carbocycles. The molecule has 0 spiro atoms. The molecule has 2 aliphatic rings. The average molecular weight is 319 g/mol. The third-order valence-electron chi connectivity index (χ3n) is 4.56. The molecule has 0 aliphatic carbocycles. The van der Waals surface area contributed by atoms with Crippen molar-refractivity contribution in [3.63, 3.8) is 0 Å². The van der Waals surface area contributed by atoms with Gasteiger partial charge in [0.05, 0.1) is 5.92 Å². The zero-order chi connectivity index (χ0) is 16.4. The first-order valence-corrected chi connectivity index (χ1v) is 7.79. The predicted octanol–water partition coefficient (Wildman–Crippen LogP) is -0.470. The monoisotopic (exact) mass is 319 g/mol. The summed E-state index contributed by atoms with van der Waals surface area (Å²) < 4.78 is 0. The quantitative estimate of drug-likeness (QED) is 0.788. The van der Waals surface area contributed by atoms with E-state index in [-0.39, 0.29) is 11.9 Å². The summed E-state index contributed by atoms with van der Waals surface area (Å²) in [7, 11) is 0. The third kappa shape index (κ3) is 3.42. The molecular weight excluding hydrogens is 298 g/mol. The fourth-order valence-corrected chi connectivity index (χ4v) is 3.30. The third-order valence-corrected chi connectivity index (χ3v) is 4.56. The van der Waals surface area contributed by atoms with E-state index in [2.05, 4.69) is 14.9 Å². The Morgan fingerprint density at radius 1 is 1.13 bits per heavy atom.